The summed E-state index contributed by atoms with van der Waals surface area (Å²) >= 11 is 0. The van der Waals surface area contributed by atoms with Crippen LogP contribution in [0.1, 0.15) is 12.8 Å². The minimum absolute atomic E-state index is 0.447. The average molecular weight is 196 g/mol. The van der Waals surface area contributed by atoms with Gasteiger partial charge in [-0.2, -0.15) is 0 Å². The molecule has 1 fully saturated rings. The zero-order chi connectivity index (χ0) is 9.97. The van der Waals surface area contributed by atoms with Crippen molar-refractivity contribution in [3.63, 3.8) is 0 Å². The molecule has 1 atom stereocenters. The number of rotatable bonds is 3. The molecule has 0 N–H and O–H groups in total. The molecule has 78 valence electrons. The number of methoxy groups -OCH3 is 1. The van der Waals surface area contributed by atoms with Crippen molar-refractivity contribution in [1.29, 1.82) is 0 Å². The van der Waals surface area contributed by atoms with Crippen LogP contribution in [-0.4, -0.2) is 41.1 Å². The van der Waals surface area contributed by atoms with Crippen LogP contribution in [0.5, 0.6) is 0 Å². The summed E-state index contributed by atoms with van der Waals surface area (Å²) in [7, 11) is 3.63. The highest BCUT2D eigenvalue weighted by atomic mass is 16.5. The maximum absolute atomic E-state index is 5.18. The highest BCUT2D eigenvalue weighted by Gasteiger charge is 2.26. The normalized spacial score (nSPS) is 21.9. The lowest BCUT2D eigenvalue weighted by Gasteiger charge is -2.22. The van der Waals surface area contributed by atoms with Gasteiger partial charge in [0.25, 0.3) is 0 Å². The molecule has 1 unspecified atom stereocenters. The van der Waals surface area contributed by atoms with E-state index in [4.69, 9.17) is 4.74 Å². The predicted molar refractivity (Wildman–Crippen MR) is 53.2 cm³/mol. The van der Waals surface area contributed by atoms with Gasteiger partial charge in [-0.1, -0.05) is 0 Å². The summed E-state index contributed by atoms with van der Waals surface area (Å²) < 4.78 is 6.91. The van der Waals surface area contributed by atoms with Gasteiger partial charge in [0, 0.05) is 20.7 Å². The molecule has 2 rings (SSSR count). The second kappa shape index (κ2) is 3.96. The molecule has 2 heterocycles. The van der Waals surface area contributed by atoms with Crippen molar-refractivity contribution >= 4 is 5.95 Å². The molecule has 0 aromatic carbocycles. The fourth-order valence-corrected chi connectivity index (χ4v) is 1.92. The molecule has 1 aliphatic heterocycles. The Hall–Kier alpha value is -1.10. The van der Waals surface area contributed by atoms with Crippen molar-refractivity contribution in [2.45, 2.75) is 18.9 Å². The van der Waals surface area contributed by atoms with Crippen molar-refractivity contribution in [2.75, 3.05) is 25.2 Å². The van der Waals surface area contributed by atoms with Crippen LogP contribution in [0, 0.1) is 0 Å². The van der Waals surface area contributed by atoms with E-state index in [1.54, 1.807) is 18.1 Å². The lowest BCUT2D eigenvalue weighted by molar-refractivity contribution is 0.180. The minimum atomic E-state index is 0.447. The Labute approximate surface area is 83.7 Å². The van der Waals surface area contributed by atoms with Crippen LogP contribution in [-0.2, 0) is 11.8 Å². The zero-order valence-electron chi connectivity index (χ0n) is 8.68. The van der Waals surface area contributed by atoms with Gasteiger partial charge in [0.1, 0.15) is 6.33 Å². The summed E-state index contributed by atoms with van der Waals surface area (Å²) in [4.78, 5) is 6.48. The third-order valence-electron chi connectivity index (χ3n) is 2.58. The third kappa shape index (κ3) is 1.72. The van der Waals surface area contributed by atoms with E-state index in [9.17, 15) is 0 Å². The second-order valence-corrected chi connectivity index (χ2v) is 3.66. The first-order valence-electron chi connectivity index (χ1n) is 4.92. The van der Waals surface area contributed by atoms with Crippen LogP contribution < -0.4 is 4.90 Å². The summed E-state index contributed by atoms with van der Waals surface area (Å²) in [5.74, 6) is 0.826. The molecule has 0 saturated carbocycles. The summed E-state index contributed by atoms with van der Waals surface area (Å²) in [5, 5.41) is 4.30. The van der Waals surface area contributed by atoms with Gasteiger partial charge in [0.05, 0.1) is 12.6 Å². The van der Waals surface area contributed by atoms with Crippen molar-refractivity contribution in [1.82, 2.24) is 14.8 Å². The van der Waals surface area contributed by atoms with Crippen molar-refractivity contribution in [2.24, 2.45) is 7.05 Å². The molecule has 0 aliphatic carbocycles. The first kappa shape index (κ1) is 9.45. The second-order valence-electron chi connectivity index (χ2n) is 3.66. The molecule has 0 radical (unpaired) electrons. The SMILES string of the molecule is COCC1CCCN1c1ncn(C)n1. The van der Waals surface area contributed by atoms with E-state index in [0.29, 0.717) is 6.04 Å². The lowest BCUT2D eigenvalue weighted by atomic mass is 10.2. The number of aryl methyl sites for hydroxylation is 1. The Morgan fingerprint density at radius 1 is 1.64 bits per heavy atom. The van der Waals surface area contributed by atoms with Crippen LogP contribution in [0.15, 0.2) is 6.33 Å². The maximum Gasteiger partial charge on any atom is 0.244 e. The van der Waals surface area contributed by atoms with Gasteiger partial charge in [-0.3, -0.25) is 4.68 Å². The number of hydrogen-bond acceptors (Lipinski definition) is 4. The van der Waals surface area contributed by atoms with E-state index >= 15 is 0 Å². The van der Waals surface area contributed by atoms with E-state index in [1.807, 2.05) is 7.05 Å². The fourth-order valence-electron chi connectivity index (χ4n) is 1.92. The molecule has 1 aliphatic rings. The van der Waals surface area contributed by atoms with E-state index in [-0.39, 0.29) is 0 Å². The monoisotopic (exact) mass is 196 g/mol. The fraction of sp³-hybridized carbons (Fsp3) is 0.778. The molecule has 0 spiro atoms. The van der Waals surface area contributed by atoms with Crippen LogP contribution in [0.3, 0.4) is 0 Å². The van der Waals surface area contributed by atoms with Gasteiger partial charge in [0.15, 0.2) is 0 Å². The topological polar surface area (TPSA) is 43.2 Å². The minimum Gasteiger partial charge on any atom is -0.383 e. The molecule has 1 aromatic rings. The molecule has 1 saturated heterocycles. The number of anilines is 1. The molecular formula is C9H16N4O. The highest BCUT2D eigenvalue weighted by Crippen LogP contribution is 2.21. The Morgan fingerprint density at radius 2 is 2.50 bits per heavy atom. The smallest absolute Gasteiger partial charge is 0.244 e. The standard InChI is InChI=1S/C9H16N4O/c1-12-7-10-9(11-12)13-5-3-4-8(13)6-14-2/h7-8H,3-6H2,1-2H3. The largest absolute Gasteiger partial charge is 0.383 e. The Kier molecular flexibility index (Phi) is 2.67. The van der Waals surface area contributed by atoms with E-state index in [2.05, 4.69) is 15.0 Å². The summed E-state index contributed by atoms with van der Waals surface area (Å²) in [5.41, 5.74) is 0. The van der Waals surface area contributed by atoms with Crippen molar-refractivity contribution in [3.8, 4) is 0 Å². The number of aromatic nitrogens is 3. The third-order valence-corrected chi connectivity index (χ3v) is 2.58. The molecule has 14 heavy (non-hydrogen) atoms. The van der Waals surface area contributed by atoms with Crippen molar-refractivity contribution in [3.05, 3.63) is 6.33 Å². The van der Waals surface area contributed by atoms with Crippen LogP contribution in [0.4, 0.5) is 5.95 Å². The molecule has 5 nitrogen and oxygen atoms in total. The predicted octanol–water partition coefficient (Wildman–Crippen LogP) is 0.430. The van der Waals surface area contributed by atoms with E-state index in [0.717, 1.165) is 19.1 Å². The zero-order valence-corrected chi connectivity index (χ0v) is 8.68. The van der Waals surface area contributed by atoms with Gasteiger partial charge in [-0.15, -0.1) is 5.10 Å². The van der Waals surface area contributed by atoms with Crippen LogP contribution in [0.25, 0.3) is 0 Å². The average Bonchev–Trinajstić information content (AvgIpc) is 2.74. The van der Waals surface area contributed by atoms with E-state index in [1.165, 1.54) is 12.8 Å². The Balaban J connectivity index is 2.09. The highest BCUT2D eigenvalue weighted by molar-refractivity contribution is 5.31. The van der Waals surface area contributed by atoms with Crippen LogP contribution >= 0.6 is 0 Å². The lowest BCUT2D eigenvalue weighted by Crippen LogP contribution is -2.33. The van der Waals surface area contributed by atoms with Gasteiger partial charge in [-0.05, 0) is 12.8 Å². The summed E-state index contributed by atoms with van der Waals surface area (Å²) in [6, 6.07) is 0.447. The first-order valence-corrected chi connectivity index (χ1v) is 4.92. The van der Waals surface area contributed by atoms with Gasteiger partial charge in [0.2, 0.25) is 5.95 Å². The number of hydrogen-bond donors (Lipinski definition) is 0. The quantitative estimate of drug-likeness (QED) is 0.703. The molecule has 5 heteroatoms. The molecule has 0 amide bonds. The number of ether oxygens (including phenoxy) is 1. The molecular weight excluding hydrogens is 180 g/mol. The summed E-state index contributed by atoms with van der Waals surface area (Å²) in [6.07, 6.45) is 4.11. The van der Waals surface area contributed by atoms with Gasteiger partial charge >= 0.3 is 0 Å². The molecule has 1 aromatic heterocycles. The molecule has 0 bridgehead atoms. The van der Waals surface area contributed by atoms with Crippen LogP contribution in [0.2, 0.25) is 0 Å². The Bertz CT molecular complexity index is 299. The summed E-state index contributed by atoms with van der Waals surface area (Å²) in [6.45, 7) is 1.80. The maximum atomic E-state index is 5.18. The van der Waals surface area contributed by atoms with Gasteiger partial charge < -0.3 is 9.64 Å². The first-order chi connectivity index (χ1) is 6.81. The van der Waals surface area contributed by atoms with E-state index < -0.39 is 0 Å². The van der Waals surface area contributed by atoms with Crippen molar-refractivity contribution < 1.29 is 4.74 Å². The number of nitrogens with zero attached hydrogens (tertiary/aromatic N) is 4. The Morgan fingerprint density at radius 3 is 3.14 bits per heavy atom. The van der Waals surface area contributed by atoms with Gasteiger partial charge in [-0.25, -0.2) is 4.98 Å².